The second-order valence-electron chi connectivity index (χ2n) is 5.21. The summed E-state index contributed by atoms with van der Waals surface area (Å²) in [5, 5.41) is 0. The molecular weight excluding hydrogens is 216 g/mol. The van der Waals surface area contributed by atoms with E-state index in [1.54, 1.807) is 0 Å². The average molecular weight is 242 g/mol. The Kier molecular flexibility index (Phi) is 6.52. The second kappa shape index (κ2) is 7.67. The summed E-state index contributed by atoms with van der Waals surface area (Å²) in [6, 6.07) is 0. The Morgan fingerprint density at radius 3 is 2.59 bits per heavy atom. The number of amides is 1. The summed E-state index contributed by atoms with van der Waals surface area (Å²) >= 11 is 0. The van der Waals surface area contributed by atoms with E-state index in [0.717, 1.165) is 45.6 Å². The molecule has 17 heavy (non-hydrogen) atoms. The highest BCUT2D eigenvalue weighted by molar-refractivity contribution is 5.78. The predicted molar refractivity (Wildman–Crippen MR) is 68.6 cm³/mol. The van der Waals surface area contributed by atoms with Gasteiger partial charge in [0.15, 0.2) is 0 Å². The van der Waals surface area contributed by atoms with Crippen molar-refractivity contribution in [2.75, 3.05) is 32.8 Å². The highest BCUT2D eigenvalue weighted by Gasteiger charge is 2.26. The van der Waals surface area contributed by atoms with Gasteiger partial charge >= 0.3 is 0 Å². The van der Waals surface area contributed by atoms with E-state index in [4.69, 9.17) is 10.5 Å². The molecule has 1 aliphatic rings. The van der Waals surface area contributed by atoms with E-state index in [2.05, 4.69) is 13.8 Å². The number of nitrogens with two attached hydrogens (primary N) is 1. The van der Waals surface area contributed by atoms with E-state index in [1.165, 1.54) is 0 Å². The maximum Gasteiger partial charge on any atom is 0.225 e. The zero-order valence-corrected chi connectivity index (χ0v) is 11.2. The van der Waals surface area contributed by atoms with E-state index >= 15 is 0 Å². The summed E-state index contributed by atoms with van der Waals surface area (Å²) in [4.78, 5) is 14.4. The Hall–Kier alpha value is -0.610. The van der Waals surface area contributed by atoms with Gasteiger partial charge in [0.05, 0.1) is 0 Å². The van der Waals surface area contributed by atoms with Crippen LogP contribution in [0.4, 0.5) is 0 Å². The van der Waals surface area contributed by atoms with Gasteiger partial charge in [-0.1, -0.05) is 13.8 Å². The van der Waals surface area contributed by atoms with Gasteiger partial charge in [0, 0.05) is 32.2 Å². The fourth-order valence-electron chi connectivity index (χ4n) is 2.22. The van der Waals surface area contributed by atoms with E-state index in [1.807, 2.05) is 4.90 Å². The molecule has 0 aliphatic carbocycles. The van der Waals surface area contributed by atoms with E-state index < -0.39 is 0 Å². The number of carbonyl (C=O) groups excluding carboxylic acids is 1. The molecule has 1 aliphatic heterocycles. The van der Waals surface area contributed by atoms with Crippen LogP contribution < -0.4 is 5.73 Å². The molecule has 0 spiro atoms. The summed E-state index contributed by atoms with van der Waals surface area (Å²) in [6.07, 6.45) is 2.63. The largest absolute Gasteiger partial charge is 0.381 e. The lowest BCUT2D eigenvalue weighted by molar-refractivity contribution is -0.139. The van der Waals surface area contributed by atoms with Crippen molar-refractivity contribution >= 4 is 5.91 Å². The molecular formula is C13H26N2O2. The molecule has 1 fully saturated rings. The van der Waals surface area contributed by atoms with Gasteiger partial charge in [0.1, 0.15) is 0 Å². The van der Waals surface area contributed by atoms with Gasteiger partial charge < -0.3 is 15.4 Å². The molecule has 0 bridgehead atoms. The average Bonchev–Trinajstić information content (AvgIpc) is 2.34. The fourth-order valence-corrected chi connectivity index (χ4v) is 2.22. The third-order valence-electron chi connectivity index (χ3n) is 3.10. The first-order valence-corrected chi connectivity index (χ1v) is 6.71. The first-order valence-electron chi connectivity index (χ1n) is 6.71. The summed E-state index contributed by atoms with van der Waals surface area (Å²) < 4.78 is 5.30. The van der Waals surface area contributed by atoms with Crippen LogP contribution in [0.3, 0.4) is 0 Å². The highest BCUT2D eigenvalue weighted by Crippen LogP contribution is 2.18. The van der Waals surface area contributed by atoms with Crippen LogP contribution in [0.2, 0.25) is 0 Å². The normalized spacial score (nSPS) is 17.4. The Balaban J connectivity index is 2.50. The zero-order valence-electron chi connectivity index (χ0n) is 11.2. The van der Waals surface area contributed by atoms with Gasteiger partial charge in [0.25, 0.3) is 0 Å². The fraction of sp³-hybridized carbons (Fsp3) is 0.923. The van der Waals surface area contributed by atoms with Gasteiger partial charge in [-0.05, 0) is 31.7 Å². The first kappa shape index (κ1) is 14.5. The Morgan fingerprint density at radius 1 is 1.41 bits per heavy atom. The molecule has 4 nitrogen and oxygen atoms in total. The number of hydrogen-bond acceptors (Lipinski definition) is 3. The Morgan fingerprint density at radius 2 is 2.06 bits per heavy atom. The second-order valence-corrected chi connectivity index (χ2v) is 5.21. The van der Waals surface area contributed by atoms with Crippen LogP contribution in [0.5, 0.6) is 0 Å². The third kappa shape index (κ3) is 5.04. The van der Waals surface area contributed by atoms with E-state index in [0.29, 0.717) is 18.4 Å². The number of rotatable bonds is 6. The molecule has 2 N–H and O–H groups in total. The van der Waals surface area contributed by atoms with Crippen molar-refractivity contribution in [2.45, 2.75) is 33.1 Å². The molecule has 1 heterocycles. The van der Waals surface area contributed by atoms with Gasteiger partial charge in [-0.25, -0.2) is 0 Å². The zero-order chi connectivity index (χ0) is 12.7. The van der Waals surface area contributed by atoms with Crippen molar-refractivity contribution in [3.63, 3.8) is 0 Å². The van der Waals surface area contributed by atoms with Crippen LogP contribution in [0.25, 0.3) is 0 Å². The Bertz CT molecular complexity index is 225. The lowest BCUT2D eigenvalue weighted by Crippen LogP contribution is -2.41. The maximum absolute atomic E-state index is 12.4. The molecule has 0 saturated carbocycles. The number of nitrogens with zero attached hydrogens (tertiary/aromatic N) is 1. The van der Waals surface area contributed by atoms with Crippen LogP contribution in [-0.2, 0) is 9.53 Å². The summed E-state index contributed by atoms with van der Waals surface area (Å²) in [6.45, 7) is 8.03. The summed E-state index contributed by atoms with van der Waals surface area (Å²) in [5.74, 6) is 0.979. The van der Waals surface area contributed by atoms with Crippen molar-refractivity contribution in [1.29, 1.82) is 0 Å². The van der Waals surface area contributed by atoms with Crippen molar-refractivity contribution in [3.8, 4) is 0 Å². The minimum atomic E-state index is 0.167. The lowest BCUT2D eigenvalue weighted by Gasteiger charge is -2.30. The molecule has 0 aromatic carbocycles. The van der Waals surface area contributed by atoms with Gasteiger partial charge in [-0.15, -0.1) is 0 Å². The third-order valence-corrected chi connectivity index (χ3v) is 3.10. The lowest BCUT2D eigenvalue weighted by atomic mass is 9.98. The molecule has 0 radical (unpaired) electrons. The quantitative estimate of drug-likeness (QED) is 0.762. The standard InChI is InChI=1S/C13H26N2O2/c1-11(2)10-15(7-3-6-14)13(16)12-4-8-17-9-5-12/h11-12H,3-10,14H2,1-2H3. The molecule has 0 aromatic heterocycles. The molecule has 0 atom stereocenters. The maximum atomic E-state index is 12.4. The SMILES string of the molecule is CC(C)CN(CCCN)C(=O)C1CCOCC1. The van der Waals surface area contributed by atoms with E-state index in [9.17, 15) is 4.79 Å². The molecule has 1 amide bonds. The molecule has 0 unspecified atom stereocenters. The van der Waals surface area contributed by atoms with Crippen LogP contribution in [0.15, 0.2) is 0 Å². The van der Waals surface area contributed by atoms with Crippen molar-refractivity contribution < 1.29 is 9.53 Å². The molecule has 100 valence electrons. The van der Waals surface area contributed by atoms with Crippen molar-refractivity contribution in [1.82, 2.24) is 4.90 Å². The van der Waals surface area contributed by atoms with Crippen molar-refractivity contribution in [2.24, 2.45) is 17.6 Å². The monoisotopic (exact) mass is 242 g/mol. The minimum Gasteiger partial charge on any atom is -0.381 e. The van der Waals surface area contributed by atoms with Crippen LogP contribution in [0.1, 0.15) is 33.1 Å². The molecule has 0 aromatic rings. The number of hydrogen-bond donors (Lipinski definition) is 1. The highest BCUT2D eigenvalue weighted by atomic mass is 16.5. The van der Waals surface area contributed by atoms with Crippen molar-refractivity contribution in [3.05, 3.63) is 0 Å². The first-order chi connectivity index (χ1) is 8.15. The predicted octanol–water partition coefficient (Wildman–Crippen LogP) is 1.25. The summed E-state index contributed by atoms with van der Waals surface area (Å²) in [5.41, 5.74) is 5.53. The smallest absolute Gasteiger partial charge is 0.225 e. The number of ether oxygens (including phenoxy) is 1. The van der Waals surface area contributed by atoms with Gasteiger partial charge in [0.2, 0.25) is 5.91 Å². The van der Waals surface area contributed by atoms with Crippen LogP contribution >= 0.6 is 0 Å². The molecule has 1 rings (SSSR count). The minimum absolute atomic E-state index is 0.167. The van der Waals surface area contributed by atoms with Gasteiger partial charge in [-0.3, -0.25) is 4.79 Å². The number of carbonyl (C=O) groups is 1. The molecule has 1 saturated heterocycles. The summed E-state index contributed by atoms with van der Waals surface area (Å²) in [7, 11) is 0. The Labute approximate surface area is 104 Å². The topological polar surface area (TPSA) is 55.6 Å². The molecule has 4 heteroatoms. The van der Waals surface area contributed by atoms with Gasteiger partial charge in [-0.2, -0.15) is 0 Å². The van der Waals surface area contributed by atoms with Crippen LogP contribution in [-0.4, -0.2) is 43.7 Å². The van der Waals surface area contributed by atoms with Crippen LogP contribution in [0, 0.1) is 11.8 Å². The van der Waals surface area contributed by atoms with E-state index in [-0.39, 0.29) is 5.92 Å².